The summed E-state index contributed by atoms with van der Waals surface area (Å²) in [6, 6.07) is 7.27. The number of nitrogens with one attached hydrogen (secondary N) is 1. The standard InChI is InChI=1S/C17H17N5O3/c23-16(20-12-7-19-22(8-12)13-5-6-25-10-13)9-21-11-18-15-4-2-1-3-14(15)17(21)24/h1-4,7-8,11,13H,5-6,9-10H2,(H,20,23). The minimum atomic E-state index is -0.304. The minimum absolute atomic E-state index is 0.103. The first-order valence-corrected chi connectivity index (χ1v) is 8.06. The molecule has 0 saturated carbocycles. The maximum atomic E-state index is 12.4. The van der Waals surface area contributed by atoms with Crippen molar-refractivity contribution >= 4 is 22.5 Å². The molecule has 128 valence electrons. The first-order chi connectivity index (χ1) is 12.2. The van der Waals surface area contributed by atoms with Gasteiger partial charge in [0.15, 0.2) is 0 Å². The molecule has 3 heterocycles. The average Bonchev–Trinajstić information content (AvgIpc) is 3.29. The molecule has 1 aliphatic rings. The molecular weight excluding hydrogens is 322 g/mol. The van der Waals surface area contributed by atoms with Crippen molar-refractivity contribution in [2.24, 2.45) is 0 Å². The molecule has 4 rings (SSSR count). The van der Waals surface area contributed by atoms with Gasteiger partial charge in [-0.1, -0.05) is 12.1 Å². The van der Waals surface area contributed by atoms with Crippen LogP contribution in [0.5, 0.6) is 0 Å². The van der Waals surface area contributed by atoms with Crippen LogP contribution in [0.2, 0.25) is 0 Å². The van der Waals surface area contributed by atoms with E-state index in [0.29, 0.717) is 23.2 Å². The van der Waals surface area contributed by atoms with E-state index in [-0.39, 0.29) is 24.1 Å². The molecule has 1 atom stereocenters. The fourth-order valence-electron chi connectivity index (χ4n) is 2.91. The number of carbonyl (C=O) groups excluding carboxylic acids is 1. The van der Waals surface area contributed by atoms with Crippen molar-refractivity contribution in [1.29, 1.82) is 0 Å². The number of aromatic nitrogens is 4. The summed E-state index contributed by atoms with van der Waals surface area (Å²) in [6.45, 7) is 1.26. The molecule has 0 aliphatic carbocycles. The molecule has 1 N–H and O–H groups in total. The molecule has 1 unspecified atom stereocenters. The molecule has 25 heavy (non-hydrogen) atoms. The molecule has 1 amide bonds. The third kappa shape index (κ3) is 3.16. The summed E-state index contributed by atoms with van der Waals surface area (Å²) < 4.78 is 8.43. The van der Waals surface area contributed by atoms with Crippen molar-refractivity contribution in [3.05, 3.63) is 53.3 Å². The first kappa shape index (κ1) is 15.5. The Hall–Kier alpha value is -3.00. The van der Waals surface area contributed by atoms with Crippen LogP contribution in [0.3, 0.4) is 0 Å². The quantitative estimate of drug-likeness (QED) is 0.771. The summed E-state index contributed by atoms with van der Waals surface area (Å²) in [5.74, 6) is -0.304. The maximum absolute atomic E-state index is 12.4. The second-order valence-electron chi connectivity index (χ2n) is 5.97. The van der Waals surface area contributed by atoms with Crippen LogP contribution in [-0.2, 0) is 16.1 Å². The number of hydrogen-bond acceptors (Lipinski definition) is 5. The van der Waals surface area contributed by atoms with Crippen molar-refractivity contribution in [3.63, 3.8) is 0 Å². The Morgan fingerprint density at radius 3 is 3.08 bits per heavy atom. The first-order valence-electron chi connectivity index (χ1n) is 8.06. The fourth-order valence-corrected chi connectivity index (χ4v) is 2.91. The Labute approximate surface area is 143 Å². The molecule has 8 nitrogen and oxygen atoms in total. The number of hydrogen-bond donors (Lipinski definition) is 1. The molecule has 1 aromatic carbocycles. The SMILES string of the molecule is O=C(Cn1cnc2ccccc2c1=O)Nc1cnn(C2CCOC2)c1. The number of fused-ring (bicyclic) bond motifs is 1. The fraction of sp³-hybridized carbons (Fsp3) is 0.294. The molecular formula is C17H17N5O3. The number of para-hydroxylation sites is 1. The lowest BCUT2D eigenvalue weighted by atomic mass is 10.2. The zero-order valence-electron chi connectivity index (χ0n) is 13.5. The van der Waals surface area contributed by atoms with E-state index in [1.54, 1.807) is 35.3 Å². The van der Waals surface area contributed by atoms with Gasteiger partial charge in [-0.3, -0.25) is 18.8 Å². The van der Waals surface area contributed by atoms with Gasteiger partial charge in [-0.05, 0) is 18.6 Å². The van der Waals surface area contributed by atoms with Gasteiger partial charge in [0, 0.05) is 12.8 Å². The molecule has 0 radical (unpaired) electrons. The van der Waals surface area contributed by atoms with Crippen LogP contribution in [-0.4, -0.2) is 38.5 Å². The van der Waals surface area contributed by atoms with E-state index in [0.717, 1.165) is 13.0 Å². The van der Waals surface area contributed by atoms with E-state index >= 15 is 0 Å². The summed E-state index contributed by atoms with van der Waals surface area (Å²) in [7, 11) is 0. The summed E-state index contributed by atoms with van der Waals surface area (Å²) in [5, 5.41) is 7.51. The van der Waals surface area contributed by atoms with Gasteiger partial charge < -0.3 is 10.1 Å². The highest BCUT2D eigenvalue weighted by Gasteiger charge is 2.18. The van der Waals surface area contributed by atoms with Gasteiger partial charge in [-0.15, -0.1) is 0 Å². The van der Waals surface area contributed by atoms with E-state index in [4.69, 9.17) is 4.74 Å². The Bertz CT molecular complexity index is 972. The van der Waals surface area contributed by atoms with E-state index in [1.165, 1.54) is 10.9 Å². The number of nitrogens with zero attached hydrogens (tertiary/aromatic N) is 4. The van der Waals surface area contributed by atoms with Gasteiger partial charge in [0.05, 0.1) is 41.8 Å². The number of benzene rings is 1. The molecule has 0 bridgehead atoms. The molecule has 1 fully saturated rings. The van der Waals surface area contributed by atoms with Crippen molar-refractivity contribution in [2.75, 3.05) is 18.5 Å². The van der Waals surface area contributed by atoms with Crippen LogP contribution < -0.4 is 10.9 Å². The predicted octanol–water partition coefficient (Wildman–Crippen LogP) is 1.19. The third-order valence-electron chi connectivity index (χ3n) is 4.21. The van der Waals surface area contributed by atoms with Crippen LogP contribution in [0.4, 0.5) is 5.69 Å². The summed E-state index contributed by atoms with van der Waals surface area (Å²) in [4.78, 5) is 28.9. The molecule has 1 saturated heterocycles. The summed E-state index contributed by atoms with van der Waals surface area (Å²) in [6.07, 6.45) is 5.67. The normalized spacial score (nSPS) is 17.0. The molecule has 3 aromatic rings. The highest BCUT2D eigenvalue weighted by molar-refractivity contribution is 5.90. The highest BCUT2D eigenvalue weighted by atomic mass is 16.5. The summed E-state index contributed by atoms with van der Waals surface area (Å²) in [5.41, 5.74) is 0.975. The zero-order chi connectivity index (χ0) is 17.2. The van der Waals surface area contributed by atoms with Crippen LogP contribution in [0, 0.1) is 0 Å². The Morgan fingerprint density at radius 2 is 2.24 bits per heavy atom. The predicted molar refractivity (Wildman–Crippen MR) is 91.3 cm³/mol. The Kier molecular flexibility index (Phi) is 4.02. The lowest BCUT2D eigenvalue weighted by Gasteiger charge is -2.08. The maximum Gasteiger partial charge on any atom is 0.261 e. The van der Waals surface area contributed by atoms with Gasteiger partial charge in [-0.2, -0.15) is 5.10 Å². The van der Waals surface area contributed by atoms with Crippen molar-refractivity contribution in [2.45, 2.75) is 19.0 Å². The smallest absolute Gasteiger partial charge is 0.261 e. The van der Waals surface area contributed by atoms with E-state index < -0.39 is 0 Å². The number of anilines is 1. The number of rotatable bonds is 4. The Balaban J connectivity index is 1.47. The topological polar surface area (TPSA) is 91.0 Å². The molecule has 1 aliphatic heterocycles. The largest absolute Gasteiger partial charge is 0.379 e. The second kappa shape index (κ2) is 6.48. The zero-order valence-corrected chi connectivity index (χ0v) is 13.5. The number of amides is 1. The monoisotopic (exact) mass is 339 g/mol. The van der Waals surface area contributed by atoms with Gasteiger partial charge in [0.2, 0.25) is 5.91 Å². The van der Waals surface area contributed by atoms with Crippen LogP contribution in [0.15, 0.2) is 47.8 Å². The van der Waals surface area contributed by atoms with Crippen LogP contribution in [0.1, 0.15) is 12.5 Å². The minimum Gasteiger partial charge on any atom is -0.379 e. The lowest BCUT2D eigenvalue weighted by Crippen LogP contribution is -2.27. The second-order valence-corrected chi connectivity index (χ2v) is 5.97. The Morgan fingerprint density at radius 1 is 1.36 bits per heavy atom. The van der Waals surface area contributed by atoms with Crippen molar-refractivity contribution in [3.8, 4) is 0 Å². The lowest BCUT2D eigenvalue weighted by molar-refractivity contribution is -0.116. The number of ether oxygens (including phenoxy) is 1. The van der Waals surface area contributed by atoms with E-state index in [9.17, 15) is 9.59 Å². The molecule has 2 aromatic heterocycles. The van der Waals surface area contributed by atoms with Crippen molar-refractivity contribution in [1.82, 2.24) is 19.3 Å². The van der Waals surface area contributed by atoms with Gasteiger partial charge in [-0.25, -0.2) is 4.98 Å². The van der Waals surface area contributed by atoms with Gasteiger partial charge >= 0.3 is 0 Å². The van der Waals surface area contributed by atoms with E-state index in [1.807, 2.05) is 6.07 Å². The average molecular weight is 339 g/mol. The molecule has 8 heteroatoms. The van der Waals surface area contributed by atoms with Crippen LogP contribution in [0.25, 0.3) is 10.9 Å². The van der Waals surface area contributed by atoms with Crippen LogP contribution >= 0.6 is 0 Å². The van der Waals surface area contributed by atoms with E-state index in [2.05, 4.69) is 15.4 Å². The number of carbonyl (C=O) groups is 1. The third-order valence-corrected chi connectivity index (χ3v) is 4.21. The summed E-state index contributed by atoms with van der Waals surface area (Å²) >= 11 is 0. The highest BCUT2D eigenvalue weighted by Crippen LogP contribution is 2.19. The van der Waals surface area contributed by atoms with Gasteiger partial charge in [0.25, 0.3) is 5.56 Å². The molecule has 0 spiro atoms. The van der Waals surface area contributed by atoms with Gasteiger partial charge in [0.1, 0.15) is 6.54 Å². The van der Waals surface area contributed by atoms with Crippen molar-refractivity contribution < 1.29 is 9.53 Å².